The van der Waals surface area contributed by atoms with Crippen LogP contribution in [0.2, 0.25) is 5.02 Å². The molecule has 0 aliphatic rings. The van der Waals surface area contributed by atoms with E-state index in [2.05, 4.69) is 6.07 Å². The summed E-state index contributed by atoms with van der Waals surface area (Å²) in [4.78, 5) is 0. The van der Waals surface area contributed by atoms with Crippen molar-refractivity contribution in [2.24, 2.45) is 0 Å². The summed E-state index contributed by atoms with van der Waals surface area (Å²) in [5.41, 5.74) is 0. The third kappa shape index (κ3) is 1.27. The van der Waals surface area contributed by atoms with E-state index in [0.29, 0.717) is 0 Å². The van der Waals surface area contributed by atoms with Crippen LogP contribution in [0.25, 0.3) is 0 Å². The van der Waals surface area contributed by atoms with Gasteiger partial charge in [-0.05, 0) is 12.1 Å². The lowest BCUT2D eigenvalue weighted by Crippen LogP contribution is -1.67. The molecule has 2 N–H and O–H groups in total. The third-order valence-corrected chi connectivity index (χ3v) is 1.17. The lowest BCUT2D eigenvalue weighted by Gasteiger charge is -1.93. The van der Waals surface area contributed by atoms with Crippen molar-refractivity contribution < 1.29 is 10.2 Å². The minimum Gasteiger partial charge on any atom is -0.507 e. The van der Waals surface area contributed by atoms with E-state index in [4.69, 9.17) is 21.8 Å². The molecule has 0 spiro atoms. The van der Waals surface area contributed by atoms with Crippen LogP contribution in [0.3, 0.4) is 0 Å². The second-order valence-electron chi connectivity index (χ2n) is 1.54. The van der Waals surface area contributed by atoms with E-state index < -0.39 is 0 Å². The number of halogens is 1. The molecule has 0 saturated heterocycles. The SMILES string of the molecule is Oc1[c]c(O)c(Cl)cc1. The highest BCUT2D eigenvalue weighted by atomic mass is 35.5. The smallest absolute Gasteiger partial charge is 0.145 e. The standard InChI is InChI=1S/C6H4ClO2/c7-5-2-1-4(8)3-6(5)9/h1-2,8-9H. The molecule has 0 heterocycles. The van der Waals surface area contributed by atoms with E-state index in [0.717, 1.165) is 0 Å². The zero-order chi connectivity index (χ0) is 6.85. The summed E-state index contributed by atoms with van der Waals surface area (Å²) in [5, 5.41) is 17.6. The van der Waals surface area contributed by atoms with E-state index in [-0.39, 0.29) is 16.5 Å². The van der Waals surface area contributed by atoms with E-state index in [9.17, 15) is 0 Å². The lowest BCUT2D eigenvalue weighted by atomic mass is 10.3. The van der Waals surface area contributed by atoms with Crippen molar-refractivity contribution in [1.82, 2.24) is 0 Å². The van der Waals surface area contributed by atoms with Crippen LogP contribution in [-0.2, 0) is 0 Å². The molecule has 0 fully saturated rings. The average Bonchev–Trinajstić information content (AvgIpc) is 1.80. The minimum atomic E-state index is -0.225. The van der Waals surface area contributed by atoms with E-state index in [1.807, 2.05) is 0 Å². The summed E-state index contributed by atoms with van der Waals surface area (Å²) in [6, 6.07) is 4.96. The topological polar surface area (TPSA) is 40.5 Å². The molecule has 0 aromatic heterocycles. The molecule has 0 bridgehead atoms. The molecule has 0 amide bonds. The Morgan fingerprint density at radius 3 is 2.44 bits per heavy atom. The summed E-state index contributed by atoms with van der Waals surface area (Å²) in [5.74, 6) is -0.339. The highest BCUT2D eigenvalue weighted by Crippen LogP contribution is 2.25. The highest BCUT2D eigenvalue weighted by molar-refractivity contribution is 6.31. The summed E-state index contributed by atoms with van der Waals surface area (Å²) >= 11 is 5.39. The predicted molar refractivity (Wildman–Crippen MR) is 33.6 cm³/mol. The molecule has 3 heteroatoms. The Balaban J connectivity index is 3.17. The first-order valence-electron chi connectivity index (χ1n) is 2.30. The minimum absolute atomic E-state index is 0.114. The van der Waals surface area contributed by atoms with Gasteiger partial charge in [-0.2, -0.15) is 0 Å². The van der Waals surface area contributed by atoms with Gasteiger partial charge in [-0.25, -0.2) is 0 Å². The number of benzene rings is 1. The van der Waals surface area contributed by atoms with Gasteiger partial charge < -0.3 is 10.2 Å². The van der Waals surface area contributed by atoms with Gasteiger partial charge in [-0.3, -0.25) is 0 Å². The van der Waals surface area contributed by atoms with Crippen molar-refractivity contribution in [2.45, 2.75) is 0 Å². The average molecular weight is 144 g/mol. The van der Waals surface area contributed by atoms with Crippen LogP contribution in [0.15, 0.2) is 12.1 Å². The summed E-state index contributed by atoms with van der Waals surface area (Å²) in [6.07, 6.45) is 0. The molecular weight excluding hydrogens is 140 g/mol. The number of hydrogen-bond acceptors (Lipinski definition) is 2. The maximum absolute atomic E-state index is 8.75. The number of aromatic hydroxyl groups is 2. The molecular formula is C6H4ClO2. The first-order valence-corrected chi connectivity index (χ1v) is 2.67. The number of phenols is 2. The van der Waals surface area contributed by atoms with Gasteiger partial charge in [0.1, 0.15) is 11.5 Å². The Hall–Kier alpha value is -0.890. The molecule has 1 aromatic rings. The van der Waals surface area contributed by atoms with Gasteiger partial charge in [0.25, 0.3) is 0 Å². The molecule has 1 aromatic carbocycles. The first kappa shape index (κ1) is 6.23. The van der Waals surface area contributed by atoms with Crippen LogP contribution in [0.4, 0.5) is 0 Å². The Morgan fingerprint density at radius 2 is 2.00 bits per heavy atom. The van der Waals surface area contributed by atoms with Gasteiger partial charge in [-0.1, -0.05) is 11.6 Å². The van der Waals surface area contributed by atoms with Crippen molar-refractivity contribution in [1.29, 1.82) is 0 Å². The van der Waals surface area contributed by atoms with Crippen LogP contribution in [0.5, 0.6) is 11.5 Å². The van der Waals surface area contributed by atoms with E-state index in [1.165, 1.54) is 12.1 Å². The first-order chi connectivity index (χ1) is 4.20. The number of phenolic OH excluding ortho intramolecular Hbond substituents is 2. The second-order valence-corrected chi connectivity index (χ2v) is 1.95. The fraction of sp³-hybridized carbons (Fsp3) is 0. The Morgan fingerprint density at radius 1 is 1.33 bits per heavy atom. The fourth-order valence-electron chi connectivity index (χ4n) is 0.454. The van der Waals surface area contributed by atoms with Crippen LogP contribution in [0, 0.1) is 6.07 Å². The van der Waals surface area contributed by atoms with Gasteiger partial charge in [-0.15, -0.1) is 0 Å². The Kier molecular flexibility index (Phi) is 1.49. The monoisotopic (exact) mass is 143 g/mol. The Bertz CT molecular complexity index is 222. The number of rotatable bonds is 0. The van der Waals surface area contributed by atoms with Gasteiger partial charge in [0, 0.05) is 0 Å². The molecule has 1 rings (SSSR count). The highest BCUT2D eigenvalue weighted by Gasteiger charge is 1.96. The zero-order valence-corrected chi connectivity index (χ0v) is 5.18. The molecule has 0 aliphatic heterocycles. The van der Waals surface area contributed by atoms with Crippen molar-refractivity contribution >= 4 is 11.6 Å². The zero-order valence-electron chi connectivity index (χ0n) is 4.43. The molecule has 1 radical (unpaired) electrons. The fourth-order valence-corrected chi connectivity index (χ4v) is 0.564. The molecule has 0 unspecified atom stereocenters. The maximum Gasteiger partial charge on any atom is 0.145 e. The maximum atomic E-state index is 8.75. The molecule has 0 saturated carbocycles. The molecule has 0 atom stereocenters. The van der Waals surface area contributed by atoms with Gasteiger partial charge in [0.05, 0.1) is 11.1 Å². The third-order valence-electron chi connectivity index (χ3n) is 0.860. The van der Waals surface area contributed by atoms with Gasteiger partial charge in [0.2, 0.25) is 0 Å². The van der Waals surface area contributed by atoms with Crippen molar-refractivity contribution in [3.63, 3.8) is 0 Å². The molecule has 9 heavy (non-hydrogen) atoms. The van der Waals surface area contributed by atoms with Crippen LogP contribution >= 0.6 is 11.6 Å². The largest absolute Gasteiger partial charge is 0.507 e. The van der Waals surface area contributed by atoms with E-state index in [1.54, 1.807) is 0 Å². The predicted octanol–water partition coefficient (Wildman–Crippen LogP) is 1.55. The van der Waals surface area contributed by atoms with Gasteiger partial charge in [0.15, 0.2) is 0 Å². The Labute approximate surface area is 57.3 Å². The second kappa shape index (κ2) is 2.15. The quantitative estimate of drug-likeness (QED) is 0.579. The number of hydrogen-bond donors (Lipinski definition) is 2. The van der Waals surface area contributed by atoms with Crippen molar-refractivity contribution in [3.8, 4) is 11.5 Å². The van der Waals surface area contributed by atoms with Crippen LogP contribution in [0.1, 0.15) is 0 Å². The summed E-state index contributed by atoms with van der Waals surface area (Å²) in [7, 11) is 0. The molecule has 0 aliphatic carbocycles. The normalized spacial score (nSPS) is 9.44. The van der Waals surface area contributed by atoms with Crippen LogP contribution < -0.4 is 0 Å². The molecule has 2 nitrogen and oxygen atoms in total. The summed E-state index contributed by atoms with van der Waals surface area (Å²) in [6.45, 7) is 0. The molecule has 47 valence electrons. The van der Waals surface area contributed by atoms with Crippen molar-refractivity contribution in [3.05, 3.63) is 23.2 Å². The summed E-state index contributed by atoms with van der Waals surface area (Å²) < 4.78 is 0. The van der Waals surface area contributed by atoms with Crippen LogP contribution in [-0.4, -0.2) is 10.2 Å². The lowest BCUT2D eigenvalue weighted by molar-refractivity contribution is 0.448. The van der Waals surface area contributed by atoms with E-state index >= 15 is 0 Å². The van der Waals surface area contributed by atoms with Crippen molar-refractivity contribution in [2.75, 3.05) is 0 Å². The van der Waals surface area contributed by atoms with Gasteiger partial charge >= 0.3 is 0 Å².